The third kappa shape index (κ3) is 3.38. The van der Waals surface area contributed by atoms with Gasteiger partial charge in [0.15, 0.2) is 5.56 Å². The molecule has 3 aromatic rings. The summed E-state index contributed by atoms with van der Waals surface area (Å²) in [7, 11) is 3.70. The average Bonchev–Trinajstić information content (AvgIpc) is 2.89. The van der Waals surface area contributed by atoms with E-state index in [1.54, 1.807) is 7.11 Å². The van der Waals surface area contributed by atoms with Crippen LogP contribution in [0.5, 0.6) is 5.75 Å². The summed E-state index contributed by atoms with van der Waals surface area (Å²) in [4.78, 5) is 26.5. The number of methoxy groups -OCH3 is 1. The number of aromatic nitrogens is 2. The Morgan fingerprint density at radius 2 is 2.10 bits per heavy atom. The molecule has 1 aliphatic carbocycles. The minimum Gasteiger partial charge on any atom is -0.506 e. The van der Waals surface area contributed by atoms with E-state index in [4.69, 9.17) is 4.74 Å². The normalized spacial score (nSPS) is 13.1. The molecular formula is C22H25N3O5. The number of aromatic carboxylic acids is 1. The molecule has 8 nitrogen and oxygen atoms in total. The van der Waals surface area contributed by atoms with Crippen LogP contribution in [0.4, 0.5) is 0 Å². The molecule has 0 saturated heterocycles. The maximum atomic E-state index is 12.3. The van der Waals surface area contributed by atoms with Gasteiger partial charge in [-0.25, -0.2) is 4.79 Å². The van der Waals surface area contributed by atoms with Crippen molar-refractivity contribution in [1.29, 1.82) is 0 Å². The van der Waals surface area contributed by atoms with Crippen LogP contribution < -0.4 is 10.9 Å². The van der Waals surface area contributed by atoms with Gasteiger partial charge in [-0.3, -0.25) is 4.79 Å². The van der Waals surface area contributed by atoms with Gasteiger partial charge in [0, 0.05) is 55.0 Å². The Balaban J connectivity index is 1.83. The van der Waals surface area contributed by atoms with E-state index in [2.05, 4.69) is 27.0 Å². The van der Waals surface area contributed by atoms with Crippen LogP contribution in [-0.4, -0.2) is 46.0 Å². The lowest BCUT2D eigenvalue weighted by atomic mass is 9.98. The van der Waals surface area contributed by atoms with Crippen LogP contribution in [0.15, 0.2) is 23.0 Å². The van der Waals surface area contributed by atoms with Gasteiger partial charge in [0.1, 0.15) is 5.75 Å². The quantitative estimate of drug-likeness (QED) is 0.462. The van der Waals surface area contributed by atoms with Gasteiger partial charge in [0.25, 0.3) is 5.56 Å². The fraction of sp³-hybridized carbons (Fsp3) is 0.364. The third-order valence-corrected chi connectivity index (χ3v) is 5.80. The number of aryl methyl sites for hydroxylation is 2. The van der Waals surface area contributed by atoms with Crippen LogP contribution in [0.1, 0.15) is 33.6 Å². The molecule has 2 aromatic heterocycles. The standard InChI is InChI=1S/C22H25N3O5/c1-25-14(11-23-6-7-30-2)8-13-9-16-12(10-17(13)25)4-3-5-15-19(16)24-21(27)18(20(15)26)22(28)29/h8-10,23H,3-7,11H2,1-2H3,(H,28,29)(H2,24,26,27). The molecule has 4 rings (SSSR count). The van der Waals surface area contributed by atoms with Gasteiger partial charge in [-0.05, 0) is 43.0 Å². The number of carbonyl (C=O) groups is 1. The molecule has 158 valence electrons. The highest BCUT2D eigenvalue weighted by Gasteiger charge is 2.26. The topological polar surface area (TPSA) is 117 Å². The molecule has 0 fully saturated rings. The van der Waals surface area contributed by atoms with Gasteiger partial charge < -0.3 is 29.8 Å². The van der Waals surface area contributed by atoms with Gasteiger partial charge in [0.2, 0.25) is 0 Å². The Kier molecular flexibility index (Phi) is 5.36. The molecule has 0 aliphatic heterocycles. The lowest BCUT2D eigenvalue weighted by Crippen LogP contribution is -2.20. The first kappa shape index (κ1) is 20.2. The average molecular weight is 411 g/mol. The smallest absolute Gasteiger partial charge is 0.345 e. The largest absolute Gasteiger partial charge is 0.506 e. The lowest BCUT2D eigenvalue weighted by molar-refractivity contribution is 0.0691. The number of aromatic hydroxyl groups is 1. The first-order valence-electron chi connectivity index (χ1n) is 9.95. The number of rotatable bonds is 6. The van der Waals surface area contributed by atoms with Crippen LogP contribution in [-0.2, 0) is 31.2 Å². The molecule has 0 saturated carbocycles. The summed E-state index contributed by atoms with van der Waals surface area (Å²) in [6, 6.07) is 6.24. The molecule has 8 heteroatoms. The molecule has 0 bridgehead atoms. The number of aromatic amines is 1. The number of H-pyrrole nitrogens is 1. The van der Waals surface area contributed by atoms with Gasteiger partial charge in [-0.2, -0.15) is 0 Å². The van der Waals surface area contributed by atoms with E-state index in [9.17, 15) is 19.8 Å². The number of fused-ring (bicyclic) bond motifs is 4. The Morgan fingerprint density at radius 1 is 1.30 bits per heavy atom. The second kappa shape index (κ2) is 7.97. The number of nitrogens with one attached hydrogen (secondary N) is 2. The molecule has 0 radical (unpaired) electrons. The Labute approximate surface area is 173 Å². The first-order valence-corrected chi connectivity index (χ1v) is 9.95. The first-order chi connectivity index (χ1) is 14.4. The Hall–Kier alpha value is -3.10. The number of hydrogen-bond acceptors (Lipinski definition) is 5. The van der Waals surface area contributed by atoms with E-state index >= 15 is 0 Å². The maximum absolute atomic E-state index is 12.3. The zero-order chi connectivity index (χ0) is 21.4. The van der Waals surface area contributed by atoms with Crippen molar-refractivity contribution in [3.05, 3.63) is 50.9 Å². The summed E-state index contributed by atoms with van der Waals surface area (Å²) >= 11 is 0. The van der Waals surface area contributed by atoms with E-state index in [1.807, 2.05) is 13.1 Å². The minimum atomic E-state index is -1.43. The predicted molar refractivity (Wildman–Crippen MR) is 113 cm³/mol. The van der Waals surface area contributed by atoms with Crippen molar-refractivity contribution >= 4 is 16.9 Å². The van der Waals surface area contributed by atoms with Crippen LogP contribution in [0.25, 0.3) is 22.2 Å². The van der Waals surface area contributed by atoms with Crippen molar-refractivity contribution in [2.75, 3.05) is 20.3 Å². The molecule has 0 atom stereocenters. The van der Waals surface area contributed by atoms with Crippen molar-refractivity contribution in [2.24, 2.45) is 7.05 Å². The van der Waals surface area contributed by atoms with Gasteiger partial charge in [-0.1, -0.05) is 0 Å². The van der Waals surface area contributed by atoms with Crippen molar-refractivity contribution in [3.8, 4) is 17.0 Å². The fourth-order valence-electron chi connectivity index (χ4n) is 4.24. The summed E-state index contributed by atoms with van der Waals surface area (Å²) in [6.45, 7) is 2.11. The lowest BCUT2D eigenvalue weighted by Gasteiger charge is -2.13. The van der Waals surface area contributed by atoms with E-state index in [0.717, 1.165) is 47.1 Å². The SMILES string of the molecule is COCCNCc1cc2cc3c(cc2n1C)CCCc1c-3[nH]c(=O)c(C(=O)O)c1O. The van der Waals surface area contributed by atoms with Crippen LogP contribution in [0.3, 0.4) is 0 Å². The molecule has 4 N–H and O–H groups in total. The summed E-state index contributed by atoms with van der Waals surface area (Å²) in [5.41, 5.74) is 3.74. The van der Waals surface area contributed by atoms with Gasteiger partial charge >= 0.3 is 5.97 Å². The summed E-state index contributed by atoms with van der Waals surface area (Å²) in [5, 5.41) is 24.2. The van der Waals surface area contributed by atoms with Crippen molar-refractivity contribution in [3.63, 3.8) is 0 Å². The predicted octanol–water partition coefficient (Wildman–Crippen LogP) is 2.16. The van der Waals surface area contributed by atoms with E-state index in [-0.39, 0.29) is 0 Å². The third-order valence-electron chi connectivity index (χ3n) is 5.80. The second-order valence-electron chi connectivity index (χ2n) is 7.62. The number of nitrogens with zero attached hydrogens (tertiary/aromatic N) is 1. The van der Waals surface area contributed by atoms with Gasteiger partial charge in [-0.15, -0.1) is 0 Å². The molecule has 0 spiro atoms. The monoisotopic (exact) mass is 411 g/mol. The number of hydrogen-bond donors (Lipinski definition) is 4. The highest BCUT2D eigenvalue weighted by atomic mass is 16.5. The van der Waals surface area contributed by atoms with E-state index in [0.29, 0.717) is 30.8 Å². The van der Waals surface area contributed by atoms with E-state index in [1.165, 1.54) is 0 Å². The Bertz CT molecular complexity index is 1190. The van der Waals surface area contributed by atoms with Crippen molar-refractivity contribution < 1.29 is 19.7 Å². The fourth-order valence-corrected chi connectivity index (χ4v) is 4.24. The van der Waals surface area contributed by atoms with Crippen LogP contribution in [0.2, 0.25) is 0 Å². The van der Waals surface area contributed by atoms with Crippen LogP contribution >= 0.6 is 0 Å². The molecule has 2 heterocycles. The summed E-state index contributed by atoms with van der Waals surface area (Å²) < 4.78 is 7.22. The van der Waals surface area contributed by atoms with Crippen LogP contribution in [0, 0.1) is 0 Å². The number of ether oxygens (including phenoxy) is 1. The minimum absolute atomic E-state index is 0.426. The second-order valence-corrected chi connectivity index (χ2v) is 7.62. The zero-order valence-electron chi connectivity index (χ0n) is 17.0. The van der Waals surface area contributed by atoms with Gasteiger partial charge in [0.05, 0.1) is 12.3 Å². The molecule has 0 unspecified atom stereocenters. The molecule has 0 amide bonds. The number of benzene rings is 1. The molecular weight excluding hydrogens is 386 g/mol. The number of carboxylic acids is 1. The Morgan fingerprint density at radius 3 is 2.83 bits per heavy atom. The van der Waals surface area contributed by atoms with E-state index < -0.39 is 22.8 Å². The van der Waals surface area contributed by atoms with Crippen molar-refractivity contribution in [1.82, 2.24) is 14.9 Å². The molecule has 1 aromatic carbocycles. The zero-order valence-corrected chi connectivity index (χ0v) is 17.0. The summed E-state index contributed by atoms with van der Waals surface area (Å²) in [5.74, 6) is -1.85. The highest BCUT2D eigenvalue weighted by molar-refractivity contribution is 5.93. The summed E-state index contributed by atoms with van der Waals surface area (Å²) in [6.07, 6.45) is 2.02. The number of carboxylic acid groups (broad SMARTS) is 1. The highest BCUT2D eigenvalue weighted by Crippen LogP contribution is 2.38. The number of pyridine rings is 1. The molecule has 30 heavy (non-hydrogen) atoms. The van der Waals surface area contributed by atoms with Crippen molar-refractivity contribution in [2.45, 2.75) is 25.8 Å². The molecule has 1 aliphatic rings. The maximum Gasteiger partial charge on any atom is 0.345 e.